The molecule has 1 N–H and O–H groups in total. The highest BCUT2D eigenvalue weighted by Crippen LogP contribution is 2.28. The molecule has 0 aliphatic rings. The number of rotatable bonds is 5. The van der Waals surface area contributed by atoms with Gasteiger partial charge in [0.15, 0.2) is 5.82 Å². The second-order valence-corrected chi connectivity index (χ2v) is 5.65. The Kier molecular flexibility index (Phi) is 4.26. The van der Waals surface area contributed by atoms with Crippen molar-refractivity contribution in [1.29, 1.82) is 0 Å². The van der Waals surface area contributed by atoms with Crippen molar-refractivity contribution in [3.63, 3.8) is 0 Å². The van der Waals surface area contributed by atoms with E-state index < -0.39 is 0 Å². The first kappa shape index (κ1) is 14.2. The molecule has 0 saturated heterocycles. The quantitative estimate of drug-likeness (QED) is 0.722. The van der Waals surface area contributed by atoms with Crippen LogP contribution in [0.5, 0.6) is 0 Å². The second-order valence-electron chi connectivity index (χ2n) is 4.80. The van der Waals surface area contributed by atoms with Gasteiger partial charge in [-0.05, 0) is 40.9 Å². The molecule has 21 heavy (non-hydrogen) atoms. The van der Waals surface area contributed by atoms with Crippen LogP contribution < -0.4 is 5.32 Å². The lowest BCUT2D eigenvalue weighted by Gasteiger charge is -2.10. The van der Waals surface area contributed by atoms with Gasteiger partial charge >= 0.3 is 0 Å². The summed E-state index contributed by atoms with van der Waals surface area (Å²) in [5.74, 6) is 0.816. The molecule has 5 nitrogen and oxygen atoms in total. The normalized spacial score (nSPS) is 11.1. The summed E-state index contributed by atoms with van der Waals surface area (Å²) in [6.07, 6.45) is 1.09. The zero-order valence-corrected chi connectivity index (χ0v) is 13.3. The standard InChI is InChI=1S/C15H16BrN5/c1-2-9-17-10-15-18-19-20-21(15)14-8-7-13(16)11-5-3-4-6-12(11)14/h3-8,17H,2,9-10H2,1H3. The van der Waals surface area contributed by atoms with Crippen molar-refractivity contribution in [1.82, 2.24) is 25.5 Å². The molecule has 0 radical (unpaired) electrons. The molecule has 0 unspecified atom stereocenters. The lowest BCUT2D eigenvalue weighted by atomic mass is 10.1. The third-order valence-electron chi connectivity index (χ3n) is 3.32. The molecule has 0 saturated carbocycles. The van der Waals surface area contributed by atoms with Crippen LogP contribution in [0, 0.1) is 0 Å². The molecule has 0 amide bonds. The topological polar surface area (TPSA) is 55.6 Å². The van der Waals surface area contributed by atoms with Crippen molar-refractivity contribution in [3.05, 3.63) is 46.7 Å². The predicted molar refractivity (Wildman–Crippen MR) is 86.4 cm³/mol. The molecule has 0 fully saturated rings. The minimum absolute atomic E-state index is 0.658. The van der Waals surface area contributed by atoms with Crippen molar-refractivity contribution in [2.75, 3.05) is 6.54 Å². The van der Waals surface area contributed by atoms with Gasteiger partial charge in [0.1, 0.15) is 0 Å². The van der Waals surface area contributed by atoms with Crippen molar-refractivity contribution >= 4 is 26.7 Å². The van der Waals surface area contributed by atoms with Gasteiger partial charge in [-0.15, -0.1) is 5.10 Å². The molecule has 0 spiro atoms. The molecule has 0 aliphatic carbocycles. The molecule has 6 heteroatoms. The Morgan fingerprint density at radius 2 is 1.95 bits per heavy atom. The molecule has 0 bridgehead atoms. The van der Waals surface area contributed by atoms with Crippen molar-refractivity contribution < 1.29 is 0 Å². The van der Waals surface area contributed by atoms with E-state index in [1.807, 2.05) is 24.3 Å². The average Bonchev–Trinajstić information content (AvgIpc) is 2.97. The van der Waals surface area contributed by atoms with Gasteiger partial charge in [0.25, 0.3) is 0 Å². The highest BCUT2D eigenvalue weighted by Gasteiger charge is 2.11. The summed E-state index contributed by atoms with van der Waals surface area (Å²) in [6, 6.07) is 12.3. The Hall–Kier alpha value is -1.79. The van der Waals surface area contributed by atoms with E-state index in [4.69, 9.17) is 0 Å². The first-order valence-corrected chi connectivity index (χ1v) is 7.76. The number of hydrogen-bond acceptors (Lipinski definition) is 4. The van der Waals surface area contributed by atoms with Crippen LogP contribution in [0.15, 0.2) is 40.9 Å². The number of nitrogens with one attached hydrogen (secondary N) is 1. The largest absolute Gasteiger partial charge is 0.310 e. The molecular formula is C15H16BrN5. The Labute approximate surface area is 131 Å². The number of nitrogens with zero attached hydrogens (tertiary/aromatic N) is 4. The van der Waals surface area contributed by atoms with E-state index in [1.165, 1.54) is 0 Å². The Morgan fingerprint density at radius 3 is 2.76 bits per heavy atom. The number of fused-ring (bicyclic) bond motifs is 1. The van der Waals surface area contributed by atoms with Gasteiger partial charge in [0.2, 0.25) is 0 Å². The van der Waals surface area contributed by atoms with Crippen molar-refractivity contribution in [3.8, 4) is 5.69 Å². The zero-order chi connectivity index (χ0) is 14.7. The van der Waals surface area contributed by atoms with Crippen LogP contribution in [0.3, 0.4) is 0 Å². The van der Waals surface area contributed by atoms with Crippen LogP contribution in [-0.4, -0.2) is 26.8 Å². The van der Waals surface area contributed by atoms with Gasteiger partial charge in [-0.3, -0.25) is 0 Å². The zero-order valence-electron chi connectivity index (χ0n) is 11.8. The van der Waals surface area contributed by atoms with Crippen LogP contribution in [0.25, 0.3) is 16.5 Å². The van der Waals surface area contributed by atoms with Gasteiger partial charge < -0.3 is 5.32 Å². The maximum Gasteiger partial charge on any atom is 0.170 e. The lowest BCUT2D eigenvalue weighted by molar-refractivity contribution is 0.633. The van der Waals surface area contributed by atoms with Crippen LogP contribution in [-0.2, 0) is 6.54 Å². The minimum atomic E-state index is 0.658. The second kappa shape index (κ2) is 6.32. The predicted octanol–water partition coefficient (Wildman–Crippen LogP) is 3.08. The SMILES string of the molecule is CCCNCc1nnnn1-c1ccc(Br)c2ccccc12. The van der Waals surface area contributed by atoms with Crippen LogP contribution >= 0.6 is 15.9 Å². The molecule has 3 rings (SSSR count). The first-order chi connectivity index (χ1) is 10.3. The summed E-state index contributed by atoms with van der Waals surface area (Å²) >= 11 is 3.59. The van der Waals surface area contributed by atoms with E-state index in [0.717, 1.165) is 39.7 Å². The van der Waals surface area contributed by atoms with E-state index in [0.29, 0.717) is 6.54 Å². The molecule has 108 valence electrons. The summed E-state index contributed by atoms with van der Waals surface area (Å²) in [5, 5.41) is 17.7. The summed E-state index contributed by atoms with van der Waals surface area (Å²) < 4.78 is 2.87. The molecule has 2 aromatic carbocycles. The maximum absolute atomic E-state index is 4.15. The summed E-state index contributed by atoms with van der Waals surface area (Å²) in [5.41, 5.74) is 0.993. The van der Waals surface area contributed by atoms with Crippen molar-refractivity contribution in [2.45, 2.75) is 19.9 Å². The molecule has 1 aromatic heterocycles. The van der Waals surface area contributed by atoms with E-state index in [2.05, 4.69) is 55.8 Å². The van der Waals surface area contributed by atoms with E-state index in [-0.39, 0.29) is 0 Å². The molecule has 0 aliphatic heterocycles. The van der Waals surface area contributed by atoms with Crippen molar-refractivity contribution in [2.24, 2.45) is 0 Å². The Morgan fingerprint density at radius 1 is 1.14 bits per heavy atom. The first-order valence-electron chi connectivity index (χ1n) is 6.97. The van der Waals surface area contributed by atoms with E-state index in [1.54, 1.807) is 4.68 Å². The molecule has 1 heterocycles. The molecule has 0 atom stereocenters. The van der Waals surface area contributed by atoms with Crippen LogP contribution in [0.4, 0.5) is 0 Å². The fourth-order valence-corrected chi connectivity index (χ4v) is 2.79. The smallest absolute Gasteiger partial charge is 0.170 e. The number of aromatic nitrogens is 4. The number of halogens is 1. The fraction of sp³-hybridized carbons (Fsp3) is 0.267. The summed E-state index contributed by atoms with van der Waals surface area (Å²) in [4.78, 5) is 0. The average molecular weight is 346 g/mol. The van der Waals surface area contributed by atoms with Gasteiger partial charge in [-0.2, -0.15) is 4.68 Å². The van der Waals surface area contributed by atoms with Crippen LogP contribution in [0.1, 0.15) is 19.2 Å². The summed E-state index contributed by atoms with van der Waals surface area (Å²) in [7, 11) is 0. The summed E-state index contributed by atoms with van der Waals surface area (Å²) in [6.45, 7) is 3.75. The molecule has 3 aromatic rings. The third-order valence-corrected chi connectivity index (χ3v) is 4.01. The highest BCUT2D eigenvalue weighted by molar-refractivity contribution is 9.10. The highest BCUT2D eigenvalue weighted by atomic mass is 79.9. The van der Waals surface area contributed by atoms with Crippen LogP contribution in [0.2, 0.25) is 0 Å². The Bertz CT molecular complexity index is 753. The fourth-order valence-electron chi connectivity index (χ4n) is 2.31. The lowest BCUT2D eigenvalue weighted by Crippen LogP contribution is -2.17. The number of tetrazole rings is 1. The van der Waals surface area contributed by atoms with Gasteiger partial charge in [-0.1, -0.05) is 47.1 Å². The Balaban J connectivity index is 2.05. The number of benzene rings is 2. The minimum Gasteiger partial charge on any atom is -0.310 e. The molecular weight excluding hydrogens is 330 g/mol. The monoisotopic (exact) mass is 345 g/mol. The van der Waals surface area contributed by atoms with E-state index in [9.17, 15) is 0 Å². The van der Waals surface area contributed by atoms with Gasteiger partial charge in [0, 0.05) is 9.86 Å². The van der Waals surface area contributed by atoms with E-state index >= 15 is 0 Å². The van der Waals surface area contributed by atoms with Gasteiger partial charge in [-0.25, -0.2) is 0 Å². The maximum atomic E-state index is 4.15. The number of hydrogen-bond donors (Lipinski definition) is 1. The third kappa shape index (κ3) is 2.82. The van der Waals surface area contributed by atoms with Gasteiger partial charge in [0.05, 0.1) is 12.2 Å².